The summed E-state index contributed by atoms with van der Waals surface area (Å²) in [6, 6.07) is 12.6. The fourth-order valence-electron chi connectivity index (χ4n) is 3.44. The van der Waals surface area contributed by atoms with Gasteiger partial charge < -0.3 is 0 Å². The molecule has 3 aromatic rings. The maximum absolute atomic E-state index is 13.3. The zero-order valence-electron chi connectivity index (χ0n) is 17.1. The number of rotatable bonds is 3. The van der Waals surface area contributed by atoms with E-state index in [4.69, 9.17) is 0 Å². The van der Waals surface area contributed by atoms with Crippen LogP contribution >= 0.6 is 0 Å². The number of likely N-dealkylation sites (N-methyl/N-ethyl adjacent to an activating group) is 2. The molecule has 0 atom stereocenters. The van der Waals surface area contributed by atoms with Gasteiger partial charge in [-0.3, -0.25) is 19.4 Å². The number of urea groups is 1. The lowest BCUT2D eigenvalue weighted by Gasteiger charge is -2.28. The van der Waals surface area contributed by atoms with Crippen LogP contribution in [0.15, 0.2) is 65.2 Å². The zero-order chi connectivity index (χ0) is 22.5. The average molecular weight is 437 g/mol. The minimum absolute atomic E-state index is 0.118. The highest BCUT2D eigenvalue weighted by molar-refractivity contribution is 7.90. The Kier molecular flexibility index (Phi) is 4.78. The SMILES string of the molecule is Cc1ccc(S(=O)(=O)n2cc(C=C3C(=O)N(C)C(=O)N(C)C3=O)c3ccccc32)cc1. The normalized spacial score (nSPS) is 15.2. The molecular weight excluding hydrogens is 418 g/mol. The van der Waals surface area contributed by atoms with Gasteiger partial charge in [-0.25, -0.2) is 17.2 Å². The van der Waals surface area contributed by atoms with Crippen LogP contribution in [-0.4, -0.2) is 54.1 Å². The van der Waals surface area contributed by atoms with E-state index >= 15 is 0 Å². The maximum atomic E-state index is 13.3. The number of fused-ring (bicyclic) bond motifs is 1. The maximum Gasteiger partial charge on any atom is 0.333 e. The Labute approximate surface area is 179 Å². The Morgan fingerprint density at radius 1 is 0.839 bits per heavy atom. The van der Waals surface area contributed by atoms with Crippen molar-refractivity contribution in [3.05, 3.63) is 71.4 Å². The van der Waals surface area contributed by atoms with Crippen molar-refractivity contribution in [3.63, 3.8) is 0 Å². The van der Waals surface area contributed by atoms with Crippen molar-refractivity contribution >= 4 is 44.8 Å². The average Bonchev–Trinajstić information content (AvgIpc) is 3.13. The molecule has 158 valence electrons. The number of nitrogens with zero attached hydrogens (tertiary/aromatic N) is 3. The molecule has 0 unspecified atom stereocenters. The van der Waals surface area contributed by atoms with E-state index in [0.717, 1.165) is 19.3 Å². The predicted molar refractivity (Wildman–Crippen MR) is 115 cm³/mol. The summed E-state index contributed by atoms with van der Waals surface area (Å²) in [5.74, 6) is -1.49. The van der Waals surface area contributed by atoms with E-state index in [2.05, 4.69) is 0 Å². The number of para-hydroxylation sites is 1. The molecule has 4 amide bonds. The molecule has 0 radical (unpaired) electrons. The van der Waals surface area contributed by atoms with Crippen molar-refractivity contribution in [2.45, 2.75) is 11.8 Å². The van der Waals surface area contributed by atoms with Crippen molar-refractivity contribution in [3.8, 4) is 0 Å². The van der Waals surface area contributed by atoms with E-state index in [-0.39, 0.29) is 10.5 Å². The second-order valence-electron chi connectivity index (χ2n) is 7.28. The Bertz CT molecular complexity index is 1360. The van der Waals surface area contributed by atoms with Crippen LogP contribution in [0.1, 0.15) is 11.1 Å². The van der Waals surface area contributed by atoms with Crippen molar-refractivity contribution in [1.82, 2.24) is 13.8 Å². The molecule has 9 heteroatoms. The molecule has 31 heavy (non-hydrogen) atoms. The molecule has 0 aliphatic carbocycles. The zero-order valence-corrected chi connectivity index (χ0v) is 17.9. The number of benzene rings is 2. The molecular formula is C22H19N3O5S. The minimum atomic E-state index is -3.92. The lowest BCUT2D eigenvalue weighted by atomic mass is 10.1. The number of barbiturate groups is 1. The number of hydrogen-bond acceptors (Lipinski definition) is 5. The van der Waals surface area contributed by atoms with Gasteiger partial charge in [-0.15, -0.1) is 0 Å². The summed E-state index contributed by atoms with van der Waals surface area (Å²) in [7, 11) is -1.35. The third-order valence-electron chi connectivity index (χ3n) is 5.23. The number of amides is 4. The molecule has 1 fully saturated rings. The van der Waals surface area contributed by atoms with Gasteiger partial charge in [0.05, 0.1) is 10.4 Å². The second kappa shape index (κ2) is 7.21. The summed E-state index contributed by atoms with van der Waals surface area (Å²) in [5.41, 5.74) is 1.49. The molecule has 0 N–H and O–H groups in total. The number of carbonyl (C=O) groups excluding carboxylic acids is 3. The first-order valence-corrected chi connectivity index (χ1v) is 10.8. The van der Waals surface area contributed by atoms with Crippen LogP contribution in [-0.2, 0) is 19.6 Å². The number of carbonyl (C=O) groups is 3. The topological polar surface area (TPSA) is 96.8 Å². The van der Waals surface area contributed by atoms with E-state index in [1.54, 1.807) is 36.4 Å². The van der Waals surface area contributed by atoms with Crippen LogP contribution in [0, 0.1) is 6.92 Å². The van der Waals surface area contributed by atoms with Gasteiger partial charge in [-0.1, -0.05) is 35.9 Å². The first-order chi connectivity index (χ1) is 14.6. The molecule has 1 aromatic heterocycles. The smallest absolute Gasteiger partial charge is 0.268 e. The van der Waals surface area contributed by atoms with Crippen molar-refractivity contribution in [2.75, 3.05) is 14.1 Å². The van der Waals surface area contributed by atoms with E-state index in [1.807, 2.05) is 6.92 Å². The van der Waals surface area contributed by atoms with Crippen molar-refractivity contribution in [2.24, 2.45) is 0 Å². The largest absolute Gasteiger partial charge is 0.333 e. The van der Waals surface area contributed by atoms with Gasteiger partial charge in [0.15, 0.2) is 0 Å². The Morgan fingerprint density at radius 3 is 2.03 bits per heavy atom. The monoisotopic (exact) mass is 437 g/mol. The minimum Gasteiger partial charge on any atom is -0.268 e. The van der Waals surface area contributed by atoms with Gasteiger partial charge in [-0.2, -0.15) is 0 Å². The van der Waals surface area contributed by atoms with Gasteiger partial charge in [0.2, 0.25) is 0 Å². The number of hydrogen-bond donors (Lipinski definition) is 0. The first-order valence-electron chi connectivity index (χ1n) is 9.37. The van der Waals surface area contributed by atoms with E-state index in [1.165, 1.54) is 38.5 Å². The van der Waals surface area contributed by atoms with Crippen LogP contribution in [0.5, 0.6) is 0 Å². The van der Waals surface area contributed by atoms with Crippen LogP contribution in [0.2, 0.25) is 0 Å². The van der Waals surface area contributed by atoms with Crippen LogP contribution < -0.4 is 0 Å². The van der Waals surface area contributed by atoms with Crippen LogP contribution in [0.4, 0.5) is 4.79 Å². The quantitative estimate of drug-likeness (QED) is 0.464. The third kappa shape index (κ3) is 3.23. The summed E-state index contributed by atoms with van der Waals surface area (Å²) in [6.45, 7) is 1.86. The standard InChI is InChI=1S/C22H19N3O5S/c1-14-8-10-16(11-9-14)31(29,30)25-13-15(17-6-4-5-7-19(17)25)12-18-20(26)23(2)22(28)24(3)21(18)27/h4-13H,1-3H3. The summed E-state index contributed by atoms with van der Waals surface area (Å²) in [6.07, 6.45) is 2.71. The highest BCUT2D eigenvalue weighted by Crippen LogP contribution is 2.29. The highest BCUT2D eigenvalue weighted by atomic mass is 32.2. The van der Waals surface area contributed by atoms with Crippen LogP contribution in [0.3, 0.4) is 0 Å². The first kappa shape index (κ1) is 20.5. The molecule has 4 rings (SSSR count). The van der Waals surface area contributed by atoms with E-state index in [0.29, 0.717) is 16.5 Å². The molecule has 1 aliphatic heterocycles. The molecule has 0 bridgehead atoms. The molecule has 8 nitrogen and oxygen atoms in total. The molecule has 1 aliphatic rings. The van der Waals surface area contributed by atoms with Crippen LogP contribution in [0.25, 0.3) is 17.0 Å². The lowest BCUT2D eigenvalue weighted by Crippen LogP contribution is -2.52. The number of imide groups is 2. The highest BCUT2D eigenvalue weighted by Gasteiger charge is 2.38. The Morgan fingerprint density at radius 2 is 1.42 bits per heavy atom. The Balaban J connectivity index is 1.91. The summed E-state index contributed by atoms with van der Waals surface area (Å²) >= 11 is 0. The van der Waals surface area contributed by atoms with E-state index < -0.39 is 27.9 Å². The molecule has 0 spiro atoms. The van der Waals surface area contributed by atoms with Gasteiger partial charge in [0, 0.05) is 31.2 Å². The predicted octanol–water partition coefficient (Wildman–Crippen LogP) is 2.62. The molecule has 2 aromatic carbocycles. The third-order valence-corrected chi connectivity index (χ3v) is 6.92. The Hall–Kier alpha value is -3.72. The number of aryl methyl sites for hydroxylation is 1. The van der Waals surface area contributed by atoms with E-state index in [9.17, 15) is 22.8 Å². The molecule has 0 saturated carbocycles. The van der Waals surface area contributed by atoms with Crippen molar-refractivity contribution in [1.29, 1.82) is 0 Å². The van der Waals surface area contributed by atoms with Gasteiger partial charge in [-0.05, 0) is 31.2 Å². The fourth-order valence-corrected chi connectivity index (χ4v) is 4.82. The summed E-state index contributed by atoms with van der Waals surface area (Å²) in [5, 5.41) is 0.550. The summed E-state index contributed by atoms with van der Waals surface area (Å²) < 4.78 is 27.7. The van der Waals surface area contributed by atoms with Gasteiger partial charge in [0.1, 0.15) is 5.57 Å². The summed E-state index contributed by atoms with van der Waals surface area (Å²) in [4.78, 5) is 38.9. The lowest BCUT2D eigenvalue weighted by molar-refractivity contribution is -0.134. The number of aromatic nitrogens is 1. The molecule has 1 saturated heterocycles. The van der Waals surface area contributed by atoms with Gasteiger partial charge >= 0.3 is 6.03 Å². The fraction of sp³-hybridized carbons (Fsp3) is 0.136. The second-order valence-corrected chi connectivity index (χ2v) is 9.10. The van der Waals surface area contributed by atoms with Crippen molar-refractivity contribution < 1.29 is 22.8 Å². The van der Waals surface area contributed by atoms with Gasteiger partial charge in [0.25, 0.3) is 21.8 Å². The molecule has 2 heterocycles.